The maximum absolute atomic E-state index is 11.9. The molecule has 3 heterocycles. The summed E-state index contributed by atoms with van der Waals surface area (Å²) in [6, 6.07) is 9.31. The Bertz CT molecular complexity index is 975. The van der Waals surface area contributed by atoms with E-state index in [0.29, 0.717) is 11.4 Å². The zero-order chi connectivity index (χ0) is 19.0. The molecule has 1 fully saturated rings. The number of aromatic nitrogens is 3. The molecule has 0 saturated carbocycles. The van der Waals surface area contributed by atoms with Gasteiger partial charge in [-0.25, -0.2) is 9.97 Å². The van der Waals surface area contributed by atoms with Crippen LogP contribution in [-0.4, -0.2) is 38.6 Å². The molecule has 3 aromatic rings. The van der Waals surface area contributed by atoms with E-state index in [0.717, 1.165) is 42.7 Å². The monoisotopic (exact) mass is 365 g/mol. The quantitative estimate of drug-likeness (QED) is 0.737. The van der Waals surface area contributed by atoms with Crippen LogP contribution in [0.5, 0.6) is 0 Å². The zero-order valence-electron chi connectivity index (χ0n) is 15.2. The van der Waals surface area contributed by atoms with Crippen LogP contribution < -0.4 is 10.6 Å². The highest BCUT2D eigenvalue weighted by Crippen LogP contribution is 2.32. The molecule has 0 bridgehead atoms. The Morgan fingerprint density at radius 1 is 1.30 bits per heavy atom. The molecular formula is C20H23N5O2. The van der Waals surface area contributed by atoms with E-state index in [1.54, 1.807) is 12.3 Å². The third-order valence-corrected chi connectivity index (χ3v) is 5.40. The first-order chi connectivity index (χ1) is 13.0. The van der Waals surface area contributed by atoms with E-state index in [9.17, 15) is 9.90 Å². The number of nitrogens with zero attached hydrogens (tertiary/aromatic N) is 4. The van der Waals surface area contributed by atoms with Gasteiger partial charge in [0.1, 0.15) is 17.7 Å². The molecular weight excluding hydrogens is 342 g/mol. The number of amides is 1. The summed E-state index contributed by atoms with van der Waals surface area (Å²) >= 11 is 0. The van der Waals surface area contributed by atoms with E-state index in [1.807, 2.05) is 42.1 Å². The van der Waals surface area contributed by atoms with E-state index < -0.39 is 12.0 Å². The summed E-state index contributed by atoms with van der Waals surface area (Å²) in [6.07, 6.45) is 4.64. The number of rotatable bonds is 4. The molecule has 1 aliphatic rings. The topological polar surface area (TPSA) is 97.3 Å². The summed E-state index contributed by atoms with van der Waals surface area (Å²) in [5, 5.41) is 11.4. The number of aryl methyl sites for hydroxylation is 1. The molecule has 2 aromatic heterocycles. The van der Waals surface area contributed by atoms with Crippen LogP contribution in [0.3, 0.4) is 0 Å². The fourth-order valence-corrected chi connectivity index (χ4v) is 3.84. The molecule has 3 N–H and O–H groups in total. The van der Waals surface area contributed by atoms with Crippen molar-refractivity contribution in [1.82, 2.24) is 14.5 Å². The van der Waals surface area contributed by atoms with E-state index in [-0.39, 0.29) is 5.92 Å². The second-order valence-corrected chi connectivity index (χ2v) is 7.08. The Kier molecular flexibility index (Phi) is 4.53. The number of piperidine rings is 1. The van der Waals surface area contributed by atoms with E-state index >= 15 is 0 Å². The van der Waals surface area contributed by atoms with Crippen molar-refractivity contribution < 1.29 is 9.90 Å². The molecule has 1 unspecified atom stereocenters. The predicted molar refractivity (Wildman–Crippen MR) is 103 cm³/mol. The zero-order valence-corrected chi connectivity index (χ0v) is 15.2. The summed E-state index contributed by atoms with van der Waals surface area (Å²) in [4.78, 5) is 23.0. The molecule has 1 aromatic carbocycles. The predicted octanol–water partition coefficient (Wildman–Crippen LogP) is 2.02. The van der Waals surface area contributed by atoms with Gasteiger partial charge in [-0.1, -0.05) is 18.2 Å². The Hall–Kier alpha value is -2.93. The first-order valence-electron chi connectivity index (χ1n) is 9.14. The lowest BCUT2D eigenvalue weighted by Crippen LogP contribution is -2.36. The van der Waals surface area contributed by atoms with Gasteiger partial charge in [0.25, 0.3) is 0 Å². The minimum atomic E-state index is -0.571. The number of imidazole rings is 1. The molecule has 0 aliphatic carbocycles. The molecule has 1 saturated heterocycles. The van der Waals surface area contributed by atoms with Gasteiger partial charge in [0.05, 0.1) is 11.1 Å². The Balaban J connectivity index is 1.54. The summed E-state index contributed by atoms with van der Waals surface area (Å²) in [5.74, 6) is 1.16. The van der Waals surface area contributed by atoms with Crippen LogP contribution >= 0.6 is 0 Å². The number of fused-ring (bicyclic) bond motifs is 1. The second kappa shape index (κ2) is 7.00. The fraction of sp³-hybridized carbons (Fsp3) is 0.350. The smallest absolute Gasteiger partial charge is 0.249 e. The standard InChI is InChI=1S/C20H23N5O2/c1-24-11-8-22-20(24)18(26)13-6-9-25(10-7-13)17-12-15(19(21)27)14-4-2-3-5-16(14)23-17/h2-5,8,11-13,18,26H,6-7,9-10H2,1H3,(H2,21,27). The van der Waals surface area contributed by atoms with Crippen LogP contribution in [0.2, 0.25) is 0 Å². The van der Waals surface area contributed by atoms with Crippen molar-refractivity contribution in [2.45, 2.75) is 18.9 Å². The maximum Gasteiger partial charge on any atom is 0.249 e. The third kappa shape index (κ3) is 3.26. The van der Waals surface area contributed by atoms with Gasteiger partial charge >= 0.3 is 0 Å². The van der Waals surface area contributed by atoms with Crippen LogP contribution in [0.15, 0.2) is 42.7 Å². The van der Waals surface area contributed by atoms with Gasteiger partial charge in [0, 0.05) is 37.9 Å². The van der Waals surface area contributed by atoms with Crippen LogP contribution in [0.4, 0.5) is 5.82 Å². The average molecular weight is 365 g/mol. The number of carbonyl (C=O) groups is 1. The minimum absolute atomic E-state index is 0.151. The van der Waals surface area contributed by atoms with Crippen molar-refractivity contribution in [2.24, 2.45) is 18.7 Å². The Morgan fingerprint density at radius 3 is 2.70 bits per heavy atom. The molecule has 1 atom stereocenters. The number of pyridine rings is 1. The number of aliphatic hydroxyl groups excluding tert-OH is 1. The lowest BCUT2D eigenvalue weighted by molar-refractivity contribution is 0.0824. The van der Waals surface area contributed by atoms with Gasteiger partial charge in [-0.15, -0.1) is 0 Å². The lowest BCUT2D eigenvalue weighted by Gasteiger charge is -2.35. The van der Waals surface area contributed by atoms with Gasteiger partial charge in [-0.3, -0.25) is 4.79 Å². The molecule has 0 radical (unpaired) electrons. The molecule has 1 amide bonds. The summed E-state index contributed by atoms with van der Waals surface area (Å²) in [6.45, 7) is 1.52. The lowest BCUT2D eigenvalue weighted by atomic mass is 9.90. The number of anilines is 1. The number of benzene rings is 1. The number of nitrogens with two attached hydrogens (primary N) is 1. The number of hydrogen-bond acceptors (Lipinski definition) is 5. The SMILES string of the molecule is Cn1ccnc1C(O)C1CCN(c2cc(C(N)=O)c3ccccc3n2)CC1. The van der Waals surface area contributed by atoms with Crippen molar-refractivity contribution in [1.29, 1.82) is 0 Å². The van der Waals surface area contributed by atoms with Crippen molar-refractivity contribution in [3.05, 3.63) is 54.1 Å². The number of hydrogen-bond donors (Lipinski definition) is 2. The van der Waals surface area contributed by atoms with Crippen molar-refractivity contribution in [2.75, 3.05) is 18.0 Å². The molecule has 7 nitrogen and oxygen atoms in total. The highest BCUT2D eigenvalue weighted by Gasteiger charge is 2.29. The molecule has 1 aliphatic heterocycles. The largest absolute Gasteiger partial charge is 0.385 e. The number of para-hydroxylation sites is 1. The molecule has 27 heavy (non-hydrogen) atoms. The van der Waals surface area contributed by atoms with Gasteiger partial charge < -0.3 is 20.3 Å². The summed E-state index contributed by atoms with van der Waals surface area (Å²) < 4.78 is 1.86. The van der Waals surface area contributed by atoms with Crippen LogP contribution in [0.1, 0.15) is 35.1 Å². The number of carbonyl (C=O) groups excluding carboxylic acids is 1. The first kappa shape index (κ1) is 17.5. The highest BCUT2D eigenvalue weighted by atomic mass is 16.3. The van der Waals surface area contributed by atoms with Gasteiger partial charge in [-0.05, 0) is 30.9 Å². The second-order valence-electron chi connectivity index (χ2n) is 7.08. The maximum atomic E-state index is 11.9. The van der Waals surface area contributed by atoms with Crippen molar-refractivity contribution in [3.8, 4) is 0 Å². The Morgan fingerprint density at radius 2 is 2.04 bits per heavy atom. The van der Waals surface area contributed by atoms with Crippen molar-refractivity contribution in [3.63, 3.8) is 0 Å². The van der Waals surface area contributed by atoms with Gasteiger partial charge in [0.15, 0.2) is 0 Å². The Labute approximate surface area is 157 Å². The van der Waals surface area contributed by atoms with E-state index in [2.05, 4.69) is 9.88 Å². The fourth-order valence-electron chi connectivity index (χ4n) is 3.84. The van der Waals surface area contributed by atoms with E-state index in [1.165, 1.54) is 0 Å². The highest BCUT2D eigenvalue weighted by molar-refractivity contribution is 6.06. The number of aliphatic hydroxyl groups is 1. The normalized spacial score (nSPS) is 16.6. The van der Waals surface area contributed by atoms with Gasteiger partial charge in [-0.2, -0.15) is 0 Å². The first-order valence-corrected chi connectivity index (χ1v) is 9.14. The molecule has 7 heteroatoms. The summed E-state index contributed by atoms with van der Waals surface area (Å²) in [7, 11) is 1.89. The minimum Gasteiger partial charge on any atom is -0.385 e. The van der Waals surface area contributed by atoms with Crippen molar-refractivity contribution >= 4 is 22.6 Å². The average Bonchev–Trinajstić information content (AvgIpc) is 3.12. The third-order valence-electron chi connectivity index (χ3n) is 5.40. The number of primary amides is 1. The van der Waals surface area contributed by atoms with E-state index in [4.69, 9.17) is 10.7 Å². The van der Waals surface area contributed by atoms with Crippen LogP contribution in [-0.2, 0) is 7.05 Å². The van der Waals surface area contributed by atoms with Gasteiger partial charge in [0.2, 0.25) is 5.91 Å². The molecule has 140 valence electrons. The molecule has 0 spiro atoms. The van der Waals surface area contributed by atoms with Crippen LogP contribution in [0.25, 0.3) is 10.9 Å². The van der Waals surface area contributed by atoms with Crippen LogP contribution in [0, 0.1) is 5.92 Å². The molecule has 4 rings (SSSR count). The summed E-state index contributed by atoms with van der Waals surface area (Å²) in [5.41, 5.74) is 6.84.